The Hall–Kier alpha value is -1.85. The first-order valence-electron chi connectivity index (χ1n) is 8.90. The summed E-state index contributed by atoms with van der Waals surface area (Å²) in [5, 5.41) is 7.16. The van der Waals surface area contributed by atoms with Crippen molar-refractivity contribution < 1.29 is 8.42 Å². The third-order valence-electron chi connectivity index (χ3n) is 5.61. The topological polar surface area (TPSA) is 58.2 Å². The van der Waals surface area contributed by atoms with Crippen molar-refractivity contribution in [1.29, 1.82) is 0 Å². The van der Waals surface area contributed by atoms with Gasteiger partial charge >= 0.3 is 0 Å². The number of rotatable bonds is 2. The molecule has 1 saturated heterocycles. The van der Waals surface area contributed by atoms with E-state index in [-0.39, 0.29) is 0 Å². The van der Waals surface area contributed by atoms with Crippen molar-refractivity contribution in [2.24, 2.45) is 11.8 Å². The molecule has 0 spiro atoms. The van der Waals surface area contributed by atoms with Crippen LogP contribution >= 0.6 is 0 Å². The summed E-state index contributed by atoms with van der Waals surface area (Å²) in [7, 11) is -3.48. The van der Waals surface area contributed by atoms with Crippen LogP contribution in [-0.2, 0) is 9.84 Å². The molecule has 0 amide bonds. The lowest BCUT2D eigenvalue weighted by Crippen LogP contribution is -2.32. The van der Waals surface area contributed by atoms with E-state index in [2.05, 4.69) is 24.5 Å². The van der Waals surface area contributed by atoms with Crippen molar-refractivity contribution in [3.63, 3.8) is 0 Å². The normalized spacial score (nSPS) is 28.6. The van der Waals surface area contributed by atoms with Gasteiger partial charge in [-0.25, -0.2) is 8.42 Å². The minimum absolute atomic E-state index is 0.339. The fourth-order valence-electron chi connectivity index (χ4n) is 4.26. The van der Waals surface area contributed by atoms with Gasteiger partial charge < -0.3 is 10.6 Å². The summed E-state index contributed by atoms with van der Waals surface area (Å²) in [5.41, 5.74) is 2.23. The van der Waals surface area contributed by atoms with E-state index in [0.29, 0.717) is 33.6 Å². The molecule has 1 fully saturated rings. The van der Waals surface area contributed by atoms with Crippen LogP contribution in [0.4, 0.5) is 5.69 Å². The molecule has 0 saturated carbocycles. The van der Waals surface area contributed by atoms with Crippen LogP contribution in [0.15, 0.2) is 58.3 Å². The molecule has 2 aliphatic heterocycles. The quantitative estimate of drug-likeness (QED) is 0.867. The van der Waals surface area contributed by atoms with Crippen molar-refractivity contribution in [2.45, 2.75) is 35.6 Å². The highest BCUT2D eigenvalue weighted by Gasteiger charge is 2.40. The molecule has 2 heterocycles. The second-order valence-electron chi connectivity index (χ2n) is 7.37. The molecule has 0 aromatic heterocycles. The first-order chi connectivity index (χ1) is 12.0. The first-order valence-corrected chi connectivity index (χ1v) is 10.4. The average molecular weight is 356 g/mol. The predicted molar refractivity (Wildman–Crippen MR) is 99.7 cm³/mol. The maximum absolute atomic E-state index is 13.0. The third kappa shape index (κ3) is 2.75. The van der Waals surface area contributed by atoms with E-state index in [9.17, 15) is 8.42 Å². The summed E-state index contributed by atoms with van der Waals surface area (Å²) in [6, 6.07) is 14.6. The molecule has 5 heteroatoms. The zero-order chi connectivity index (χ0) is 17.6. The Balaban J connectivity index is 1.78. The van der Waals surface area contributed by atoms with Gasteiger partial charge in [-0.3, -0.25) is 0 Å². The summed E-state index contributed by atoms with van der Waals surface area (Å²) < 4.78 is 25.9. The first kappa shape index (κ1) is 16.6. The fourth-order valence-corrected chi connectivity index (χ4v) is 5.58. The van der Waals surface area contributed by atoms with E-state index in [1.807, 2.05) is 18.2 Å². The number of benzene rings is 2. The zero-order valence-corrected chi connectivity index (χ0v) is 15.4. The number of sulfone groups is 1. The molecule has 2 aromatic carbocycles. The van der Waals surface area contributed by atoms with Gasteiger partial charge in [0.15, 0.2) is 0 Å². The maximum atomic E-state index is 13.0. The SMILES string of the molecule is CC1CNCC(C)[C@@H]2Nc3ccc(S(=O)(=O)c4ccccc4)cc3[C@H]12. The van der Waals surface area contributed by atoms with Crippen LogP contribution in [0.5, 0.6) is 0 Å². The van der Waals surface area contributed by atoms with Crippen molar-refractivity contribution in [1.82, 2.24) is 5.32 Å². The standard InChI is InChI=1S/C20H24N2O2S/c1-13-11-21-12-14(2)20-19(13)17-10-16(8-9-18(17)22-20)25(23,24)15-6-4-3-5-7-15/h3-10,13-14,19-22H,11-12H2,1-2H3/t13?,14?,19-,20-/m0/s1. The molecule has 0 aliphatic carbocycles. The van der Waals surface area contributed by atoms with Crippen molar-refractivity contribution in [2.75, 3.05) is 18.4 Å². The Kier molecular flexibility index (Phi) is 4.08. The smallest absolute Gasteiger partial charge is 0.206 e. The molecular weight excluding hydrogens is 332 g/mol. The van der Waals surface area contributed by atoms with Crippen LogP contribution in [0.1, 0.15) is 25.3 Å². The zero-order valence-electron chi connectivity index (χ0n) is 14.6. The van der Waals surface area contributed by atoms with Gasteiger partial charge in [0.1, 0.15) is 0 Å². The molecular formula is C20H24N2O2S. The van der Waals surface area contributed by atoms with E-state index < -0.39 is 9.84 Å². The van der Waals surface area contributed by atoms with Crippen LogP contribution in [0.3, 0.4) is 0 Å². The molecule has 2 N–H and O–H groups in total. The van der Waals surface area contributed by atoms with E-state index in [1.54, 1.807) is 30.3 Å². The van der Waals surface area contributed by atoms with Gasteiger partial charge in [-0.05, 0) is 60.8 Å². The molecule has 0 bridgehead atoms. The number of anilines is 1. The highest BCUT2D eigenvalue weighted by molar-refractivity contribution is 7.91. The van der Waals surface area contributed by atoms with Crippen LogP contribution in [-0.4, -0.2) is 27.5 Å². The molecule has 4 atom stereocenters. The summed E-state index contributed by atoms with van der Waals surface area (Å²) in [5.74, 6) is 1.29. The molecule has 2 aromatic rings. The monoisotopic (exact) mass is 356 g/mol. The molecule has 2 unspecified atom stereocenters. The summed E-state index contributed by atoms with van der Waals surface area (Å²) in [6.45, 7) is 6.45. The Morgan fingerprint density at radius 2 is 1.64 bits per heavy atom. The highest BCUT2D eigenvalue weighted by Crippen LogP contribution is 2.45. The van der Waals surface area contributed by atoms with Crippen LogP contribution < -0.4 is 10.6 Å². The third-order valence-corrected chi connectivity index (χ3v) is 7.38. The van der Waals surface area contributed by atoms with Gasteiger partial charge in [0.2, 0.25) is 9.84 Å². The van der Waals surface area contributed by atoms with Crippen LogP contribution in [0.25, 0.3) is 0 Å². The van der Waals surface area contributed by atoms with Gasteiger partial charge in [-0.1, -0.05) is 32.0 Å². The predicted octanol–water partition coefficient (Wildman–Crippen LogP) is 3.27. The van der Waals surface area contributed by atoms with Crippen molar-refractivity contribution >= 4 is 15.5 Å². The van der Waals surface area contributed by atoms with Crippen molar-refractivity contribution in [3.8, 4) is 0 Å². The molecule has 0 radical (unpaired) electrons. The minimum atomic E-state index is -3.48. The largest absolute Gasteiger partial charge is 0.381 e. The minimum Gasteiger partial charge on any atom is -0.381 e. The molecule has 25 heavy (non-hydrogen) atoms. The Morgan fingerprint density at radius 3 is 2.40 bits per heavy atom. The number of nitrogens with one attached hydrogen (secondary N) is 2. The van der Waals surface area contributed by atoms with E-state index >= 15 is 0 Å². The number of hydrogen-bond acceptors (Lipinski definition) is 4. The summed E-state index contributed by atoms with van der Waals surface area (Å²) in [6.07, 6.45) is 0. The summed E-state index contributed by atoms with van der Waals surface area (Å²) in [4.78, 5) is 0.735. The van der Waals surface area contributed by atoms with Gasteiger partial charge in [0.25, 0.3) is 0 Å². The van der Waals surface area contributed by atoms with Gasteiger partial charge in [-0.2, -0.15) is 0 Å². The van der Waals surface area contributed by atoms with Crippen molar-refractivity contribution in [3.05, 3.63) is 54.1 Å². The molecule has 132 valence electrons. The Morgan fingerprint density at radius 1 is 0.920 bits per heavy atom. The maximum Gasteiger partial charge on any atom is 0.206 e. The van der Waals surface area contributed by atoms with E-state index in [1.165, 1.54) is 0 Å². The molecule has 2 aliphatic rings. The Labute approximate surface area is 149 Å². The number of fused-ring (bicyclic) bond motifs is 3. The second-order valence-corrected chi connectivity index (χ2v) is 9.32. The average Bonchev–Trinajstić information content (AvgIpc) is 2.94. The fraction of sp³-hybridized carbons (Fsp3) is 0.400. The van der Waals surface area contributed by atoms with Gasteiger partial charge in [0.05, 0.1) is 9.79 Å². The van der Waals surface area contributed by atoms with Gasteiger partial charge in [0, 0.05) is 17.6 Å². The lowest BCUT2D eigenvalue weighted by atomic mass is 9.81. The lowest BCUT2D eigenvalue weighted by molar-refractivity contribution is 0.402. The molecule has 4 rings (SSSR count). The van der Waals surface area contributed by atoms with Gasteiger partial charge in [-0.15, -0.1) is 0 Å². The molecule has 4 nitrogen and oxygen atoms in total. The summed E-state index contributed by atoms with van der Waals surface area (Å²) >= 11 is 0. The Bertz CT molecular complexity index is 880. The van der Waals surface area contributed by atoms with E-state index in [0.717, 1.165) is 24.3 Å². The highest BCUT2D eigenvalue weighted by atomic mass is 32.2. The van der Waals surface area contributed by atoms with Crippen LogP contribution in [0.2, 0.25) is 0 Å². The van der Waals surface area contributed by atoms with Crippen LogP contribution in [0, 0.1) is 11.8 Å². The number of hydrogen-bond donors (Lipinski definition) is 2. The van der Waals surface area contributed by atoms with E-state index in [4.69, 9.17) is 0 Å². The second kappa shape index (κ2) is 6.15. The lowest BCUT2D eigenvalue weighted by Gasteiger charge is -2.26.